The van der Waals surface area contributed by atoms with Crippen molar-refractivity contribution in [3.05, 3.63) is 88.2 Å². The van der Waals surface area contributed by atoms with Crippen molar-refractivity contribution >= 4 is 45.6 Å². The van der Waals surface area contributed by atoms with Gasteiger partial charge in [0, 0.05) is 16.0 Å². The molecule has 30 heavy (non-hydrogen) atoms. The number of nitrogens with zero attached hydrogens (tertiary/aromatic N) is 1. The minimum absolute atomic E-state index is 0.179. The van der Waals surface area contributed by atoms with Crippen molar-refractivity contribution in [2.24, 2.45) is 0 Å². The molecule has 1 aromatic heterocycles. The Bertz CT molecular complexity index is 1160. The molecule has 4 aromatic rings. The van der Waals surface area contributed by atoms with Crippen LogP contribution in [0.1, 0.15) is 0 Å². The molecule has 3 aromatic carbocycles. The summed E-state index contributed by atoms with van der Waals surface area (Å²) in [5, 5.41) is 6.02. The monoisotopic (exact) mass is 454 g/mol. The Hall–Kier alpha value is -2.86. The van der Waals surface area contributed by atoms with Gasteiger partial charge in [-0.05, 0) is 29.3 Å². The lowest BCUT2D eigenvalue weighted by molar-refractivity contribution is -0.118. The van der Waals surface area contributed by atoms with Crippen LogP contribution in [0.15, 0.2) is 78.2 Å². The van der Waals surface area contributed by atoms with Crippen molar-refractivity contribution in [1.29, 1.82) is 0 Å². The van der Waals surface area contributed by atoms with Gasteiger partial charge in [0.1, 0.15) is 5.75 Å². The first-order valence-corrected chi connectivity index (χ1v) is 10.7. The van der Waals surface area contributed by atoms with Gasteiger partial charge >= 0.3 is 0 Å². The molecule has 0 spiro atoms. The van der Waals surface area contributed by atoms with E-state index in [1.807, 2.05) is 35.7 Å². The van der Waals surface area contributed by atoms with Crippen LogP contribution >= 0.6 is 34.5 Å². The molecule has 1 heterocycles. The zero-order valence-electron chi connectivity index (χ0n) is 15.6. The first-order valence-electron chi connectivity index (χ1n) is 9.07. The Kier molecular flexibility index (Phi) is 6.33. The number of nitrogens with one attached hydrogen (secondary N) is 1. The fourth-order valence-electron chi connectivity index (χ4n) is 2.82. The summed E-state index contributed by atoms with van der Waals surface area (Å²) in [5.41, 5.74) is 4.09. The zero-order chi connectivity index (χ0) is 20.9. The molecule has 0 radical (unpaired) electrons. The highest BCUT2D eigenvalue weighted by atomic mass is 35.5. The summed E-state index contributed by atoms with van der Waals surface area (Å²) < 4.78 is 5.45. The maximum Gasteiger partial charge on any atom is 0.264 e. The van der Waals surface area contributed by atoms with E-state index in [1.54, 1.807) is 18.2 Å². The third-order valence-electron chi connectivity index (χ3n) is 4.29. The predicted octanol–water partition coefficient (Wildman–Crippen LogP) is 6.80. The molecule has 0 aliphatic rings. The minimum atomic E-state index is -0.318. The second kappa shape index (κ2) is 9.30. The Morgan fingerprint density at radius 1 is 0.933 bits per heavy atom. The molecule has 0 saturated heterocycles. The van der Waals surface area contributed by atoms with Crippen LogP contribution in [0.4, 0.5) is 5.13 Å². The van der Waals surface area contributed by atoms with E-state index in [-0.39, 0.29) is 12.5 Å². The van der Waals surface area contributed by atoms with Gasteiger partial charge in [-0.15, -0.1) is 11.3 Å². The van der Waals surface area contributed by atoms with E-state index in [1.165, 1.54) is 11.3 Å². The average Bonchev–Trinajstić information content (AvgIpc) is 3.22. The van der Waals surface area contributed by atoms with Crippen molar-refractivity contribution in [2.45, 2.75) is 0 Å². The molecule has 0 fully saturated rings. The second-order valence-electron chi connectivity index (χ2n) is 6.39. The maximum atomic E-state index is 12.2. The molecule has 7 heteroatoms. The highest BCUT2D eigenvalue weighted by Gasteiger charge is 2.10. The van der Waals surface area contributed by atoms with E-state index in [9.17, 15) is 4.79 Å². The molecular weight excluding hydrogens is 439 g/mol. The lowest BCUT2D eigenvalue weighted by atomic mass is 10.0. The summed E-state index contributed by atoms with van der Waals surface area (Å²) in [6.45, 7) is -0.179. The number of aromatic nitrogens is 1. The standard InChI is InChI=1S/C23H16Cl2N2O2S/c24-18-10-11-21(19(25)12-18)29-13-22(28)27-23-26-20(14-30-23)17-8-6-16(7-9-17)15-4-2-1-3-5-15/h1-12,14H,13H2,(H,26,27,28). The van der Waals surface area contributed by atoms with Gasteiger partial charge in [-0.2, -0.15) is 0 Å². The number of hydrogen-bond donors (Lipinski definition) is 1. The summed E-state index contributed by atoms with van der Waals surface area (Å²) >= 11 is 13.3. The van der Waals surface area contributed by atoms with Gasteiger partial charge in [-0.1, -0.05) is 77.8 Å². The average molecular weight is 455 g/mol. The molecule has 0 atom stereocenters. The van der Waals surface area contributed by atoms with Crippen molar-refractivity contribution in [2.75, 3.05) is 11.9 Å². The second-order valence-corrected chi connectivity index (χ2v) is 8.09. The topological polar surface area (TPSA) is 51.2 Å². The number of carbonyl (C=O) groups excluding carboxylic acids is 1. The van der Waals surface area contributed by atoms with E-state index in [0.717, 1.165) is 22.4 Å². The molecule has 150 valence electrons. The van der Waals surface area contributed by atoms with Gasteiger partial charge in [0.25, 0.3) is 5.91 Å². The number of benzene rings is 3. The van der Waals surface area contributed by atoms with Crippen molar-refractivity contribution in [3.8, 4) is 28.1 Å². The Labute approximate surface area is 188 Å². The molecule has 0 aliphatic carbocycles. The van der Waals surface area contributed by atoms with Gasteiger partial charge in [0.2, 0.25) is 0 Å². The van der Waals surface area contributed by atoms with Crippen LogP contribution in [0.25, 0.3) is 22.4 Å². The Morgan fingerprint density at radius 3 is 2.37 bits per heavy atom. The first-order chi connectivity index (χ1) is 14.6. The van der Waals surface area contributed by atoms with Crippen LogP contribution in [0, 0.1) is 0 Å². The van der Waals surface area contributed by atoms with Crippen LogP contribution in [0.3, 0.4) is 0 Å². The normalized spacial score (nSPS) is 10.6. The molecule has 0 aliphatic heterocycles. The predicted molar refractivity (Wildman–Crippen MR) is 124 cm³/mol. The smallest absolute Gasteiger partial charge is 0.264 e. The molecule has 4 nitrogen and oxygen atoms in total. The molecule has 1 amide bonds. The van der Waals surface area contributed by atoms with E-state index < -0.39 is 0 Å². The molecule has 0 saturated carbocycles. The molecule has 0 bridgehead atoms. The number of anilines is 1. The van der Waals surface area contributed by atoms with Gasteiger partial charge in [-0.25, -0.2) is 4.98 Å². The van der Waals surface area contributed by atoms with E-state index in [0.29, 0.717) is 20.9 Å². The molecule has 1 N–H and O–H groups in total. The summed E-state index contributed by atoms with van der Waals surface area (Å²) in [7, 11) is 0. The van der Waals surface area contributed by atoms with Gasteiger partial charge in [0.15, 0.2) is 11.7 Å². The van der Waals surface area contributed by atoms with Gasteiger partial charge in [-0.3, -0.25) is 10.1 Å². The number of carbonyl (C=O) groups is 1. The molecular formula is C23H16Cl2N2O2S. The summed E-state index contributed by atoms with van der Waals surface area (Å²) in [4.78, 5) is 16.7. The third kappa shape index (κ3) is 5.00. The summed E-state index contributed by atoms with van der Waals surface area (Å²) in [6, 6.07) is 23.2. The number of ether oxygens (including phenoxy) is 1. The third-order valence-corrected chi connectivity index (χ3v) is 5.58. The van der Waals surface area contributed by atoms with Crippen molar-refractivity contribution in [1.82, 2.24) is 4.98 Å². The maximum absolute atomic E-state index is 12.2. The highest BCUT2D eigenvalue weighted by Crippen LogP contribution is 2.29. The fraction of sp³-hybridized carbons (Fsp3) is 0.0435. The minimum Gasteiger partial charge on any atom is -0.482 e. The number of thiazole rings is 1. The van der Waals surface area contributed by atoms with Crippen LogP contribution in [0.5, 0.6) is 5.75 Å². The van der Waals surface area contributed by atoms with Gasteiger partial charge in [0.05, 0.1) is 10.7 Å². The lowest BCUT2D eigenvalue weighted by Crippen LogP contribution is -2.20. The quantitative estimate of drug-likeness (QED) is 0.348. The Morgan fingerprint density at radius 2 is 1.63 bits per heavy atom. The largest absolute Gasteiger partial charge is 0.482 e. The van der Waals surface area contributed by atoms with E-state index in [2.05, 4.69) is 34.6 Å². The molecule has 4 rings (SSSR count). The van der Waals surface area contributed by atoms with Gasteiger partial charge < -0.3 is 4.74 Å². The lowest BCUT2D eigenvalue weighted by Gasteiger charge is -2.07. The summed E-state index contributed by atoms with van der Waals surface area (Å²) in [5.74, 6) is 0.0795. The SMILES string of the molecule is O=C(COc1ccc(Cl)cc1Cl)Nc1nc(-c2ccc(-c3ccccc3)cc2)cs1. The number of rotatable bonds is 6. The fourth-order valence-corrected chi connectivity index (χ4v) is 4.02. The van der Waals surface area contributed by atoms with E-state index >= 15 is 0 Å². The van der Waals surface area contributed by atoms with Crippen LogP contribution < -0.4 is 10.1 Å². The van der Waals surface area contributed by atoms with Crippen LogP contribution in [0.2, 0.25) is 10.0 Å². The summed E-state index contributed by atoms with van der Waals surface area (Å²) in [6.07, 6.45) is 0. The first kappa shape index (κ1) is 20.4. The van der Waals surface area contributed by atoms with E-state index in [4.69, 9.17) is 27.9 Å². The van der Waals surface area contributed by atoms with Crippen LogP contribution in [-0.2, 0) is 4.79 Å². The van der Waals surface area contributed by atoms with Crippen molar-refractivity contribution in [3.63, 3.8) is 0 Å². The van der Waals surface area contributed by atoms with Crippen molar-refractivity contribution < 1.29 is 9.53 Å². The zero-order valence-corrected chi connectivity index (χ0v) is 18.0. The Balaban J connectivity index is 1.37. The number of hydrogen-bond acceptors (Lipinski definition) is 4. The molecule has 0 unspecified atom stereocenters. The number of halogens is 2. The highest BCUT2D eigenvalue weighted by molar-refractivity contribution is 7.14. The number of amides is 1. The van der Waals surface area contributed by atoms with Crippen LogP contribution in [-0.4, -0.2) is 17.5 Å².